The number of hydrogen-bond donors (Lipinski definition) is 0. The first-order valence-corrected chi connectivity index (χ1v) is 3.86. The van der Waals surface area contributed by atoms with E-state index in [1.54, 1.807) is 19.0 Å². The first-order valence-electron chi connectivity index (χ1n) is 3.48. The van der Waals surface area contributed by atoms with Gasteiger partial charge in [0.15, 0.2) is 11.6 Å². The number of nitrogens with zero attached hydrogens (tertiary/aromatic N) is 4. The monoisotopic (exact) mass is 202 g/mol. The van der Waals surface area contributed by atoms with E-state index in [9.17, 15) is 4.39 Å². The van der Waals surface area contributed by atoms with Gasteiger partial charge in [0.05, 0.1) is 12.5 Å². The zero-order valence-electron chi connectivity index (χ0n) is 7.20. The van der Waals surface area contributed by atoms with E-state index in [0.29, 0.717) is 0 Å². The van der Waals surface area contributed by atoms with Crippen LogP contribution in [0.25, 0.3) is 0 Å². The van der Waals surface area contributed by atoms with Gasteiger partial charge in [0.2, 0.25) is 5.28 Å². The molecule has 4 nitrogen and oxygen atoms in total. The zero-order chi connectivity index (χ0) is 9.84. The highest BCUT2D eigenvalue weighted by atomic mass is 35.5. The minimum atomic E-state index is -0.595. The molecule has 0 aromatic carbocycles. The predicted octanol–water partition coefficient (Wildman–Crippen LogP) is 1.49. The molecular weight excluding hydrogens is 195 g/mol. The molecule has 0 spiro atoms. The molecule has 6 heteroatoms. The van der Waals surface area contributed by atoms with Crippen molar-refractivity contribution in [1.29, 1.82) is 0 Å². The van der Waals surface area contributed by atoms with E-state index in [4.69, 9.17) is 11.6 Å². The SMILES string of the molecule is CN(C)/C=N/c1nc(Cl)ncc1F. The molecule has 70 valence electrons. The Morgan fingerprint density at radius 1 is 1.62 bits per heavy atom. The van der Waals surface area contributed by atoms with Gasteiger partial charge in [0, 0.05) is 14.1 Å². The number of aromatic nitrogens is 2. The summed E-state index contributed by atoms with van der Waals surface area (Å²) in [5.74, 6) is -0.656. The van der Waals surface area contributed by atoms with Crippen molar-refractivity contribution < 1.29 is 4.39 Å². The molecular formula is C7H8ClFN4. The van der Waals surface area contributed by atoms with Crippen molar-refractivity contribution in [2.45, 2.75) is 0 Å². The van der Waals surface area contributed by atoms with E-state index < -0.39 is 5.82 Å². The average molecular weight is 203 g/mol. The van der Waals surface area contributed by atoms with Gasteiger partial charge in [-0.25, -0.2) is 14.4 Å². The van der Waals surface area contributed by atoms with Gasteiger partial charge in [0.1, 0.15) is 0 Å². The Bertz CT molecular complexity index is 326. The van der Waals surface area contributed by atoms with Crippen molar-refractivity contribution in [3.8, 4) is 0 Å². The lowest BCUT2D eigenvalue weighted by molar-refractivity contribution is 0.612. The van der Waals surface area contributed by atoms with Gasteiger partial charge in [-0.15, -0.1) is 0 Å². The van der Waals surface area contributed by atoms with Gasteiger partial charge in [-0.3, -0.25) is 0 Å². The van der Waals surface area contributed by atoms with E-state index in [-0.39, 0.29) is 11.1 Å². The van der Waals surface area contributed by atoms with Crippen molar-refractivity contribution in [3.63, 3.8) is 0 Å². The Balaban J connectivity index is 2.93. The van der Waals surface area contributed by atoms with Gasteiger partial charge < -0.3 is 4.90 Å². The minimum absolute atomic E-state index is 0.0210. The molecule has 0 bridgehead atoms. The standard InChI is InChI=1S/C7H8ClFN4/c1-13(2)4-11-6-5(9)3-10-7(8)12-6/h3-4H,1-2H3/b11-4+. The second kappa shape index (κ2) is 4.13. The summed E-state index contributed by atoms with van der Waals surface area (Å²) < 4.78 is 12.9. The van der Waals surface area contributed by atoms with Crippen LogP contribution in [0.5, 0.6) is 0 Å². The molecule has 0 saturated heterocycles. The van der Waals surface area contributed by atoms with Crippen molar-refractivity contribution in [1.82, 2.24) is 14.9 Å². The van der Waals surface area contributed by atoms with Crippen LogP contribution < -0.4 is 0 Å². The molecule has 0 radical (unpaired) electrons. The molecule has 0 N–H and O–H groups in total. The van der Waals surface area contributed by atoms with E-state index in [1.165, 1.54) is 6.34 Å². The van der Waals surface area contributed by atoms with Gasteiger partial charge in [0.25, 0.3) is 0 Å². The van der Waals surface area contributed by atoms with E-state index in [0.717, 1.165) is 6.20 Å². The summed E-state index contributed by atoms with van der Waals surface area (Å²) in [6.45, 7) is 0. The van der Waals surface area contributed by atoms with Crippen molar-refractivity contribution in [2.24, 2.45) is 4.99 Å². The Kier molecular flexibility index (Phi) is 3.13. The molecule has 0 atom stereocenters. The Hall–Kier alpha value is -1.23. The first kappa shape index (κ1) is 9.85. The summed E-state index contributed by atoms with van der Waals surface area (Å²) in [7, 11) is 3.54. The summed E-state index contributed by atoms with van der Waals surface area (Å²) in [5.41, 5.74) is 0. The van der Waals surface area contributed by atoms with Crippen molar-refractivity contribution >= 4 is 23.8 Å². The topological polar surface area (TPSA) is 41.4 Å². The third-order valence-electron chi connectivity index (χ3n) is 1.11. The zero-order valence-corrected chi connectivity index (χ0v) is 7.96. The smallest absolute Gasteiger partial charge is 0.224 e. The Labute approximate surface area is 80.1 Å². The second-order valence-corrected chi connectivity index (χ2v) is 2.86. The van der Waals surface area contributed by atoms with E-state index >= 15 is 0 Å². The second-order valence-electron chi connectivity index (χ2n) is 2.52. The normalized spacial score (nSPS) is 10.8. The summed E-state index contributed by atoms with van der Waals surface area (Å²) in [5, 5.41) is -0.0210. The molecule has 0 saturated carbocycles. The van der Waals surface area contributed by atoms with Gasteiger partial charge in [-0.1, -0.05) is 0 Å². The molecule has 0 amide bonds. The maximum Gasteiger partial charge on any atom is 0.224 e. The third-order valence-corrected chi connectivity index (χ3v) is 1.29. The summed E-state index contributed by atoms with van der Waals surface area (Å²) in [4.78, 5) is 12.5. The van der Waals surface area contributed by atoms with Crippen LogP contribution in [-0.4, -0.2) is 35.3 Å². The molecule has 1 heterocycles. The minimum Gasteiger partial charge on any atom is -0.369 e. The van der Waals surface area contributed by atoms with Crippen molar-refractivity contribution in [3.05, 3.63) is 17.3 Å². The number of aliphatic imine (C=N–C) groups is 1. The molecule has 1 aromatic rings. The fourth-order valence-corrected chi connectivity index (χ4v) is 0.727. The van der Waals surface area contributed by atoms with Gasteiger partial charge in [-0.05, 0) is 11.6 Å². The fraction of sp³-hybridized carbons (Fsp3) is 0.286. The lowest BCUT2D eigenvalue weighted by Crippen LogP contribution is -2.07. The summed E-state index contributed by atoms with van der Waals surface area (Å²) in [6.07, 6.45) is 2.42. The highest BCUT2D eigenvalue weighted by Gasteiger charge is 2.02. The molecule has 1 rings (SSSR count). The molecule has 0 aliphatic rings. The van der Waals surface area contributed by atoms with Gasteiger partial charge >= 0.3 is 0 Å². The van der Waals surface area contributed by atoms with Crippen LogP contribution in [0.4, 0.5) is 10.2 Å². The summed E-state index contributed by atoms with van der Waals surface area (Å²) in [6, 6.07) is 0. The third kappa shape index (κ3) is 2.95. The molecule has 0 aliphatic heterocycles. The fourth-order valence-electron chi connectivity index (χ4n) is 0.598. The lowest BCUT2D eigenvalue weighted by atomic mass is 10.6. The summed E-state index contributed by atoms with van der Waals surface area (Å²) >= 11 is 5.46. The molecule has 0 unspecified atom stereocenters. The highest BCUT2D eigenvalue weighted by Crippen LogP contribution is 2.14. The van der Waals surface area contributed by atoms with Crippen LogP contribution in [0.3, 0.4) is 0 Å². The highest BCUT2D eigenvalue weighted by molar-refractivity contribution is 6.28. The van der Waals surface area contributed by atoms with E-state index in [2.05, 4.69) is 15.0 Å². The molecule has 1 aromatic heterocycles. The van der Waals surface area contributed by atoms with Crippen LogP contribution >= 0.6 is 11.6 Å². The lowest BCUT2D eigenvalue weighted by Gasteiger charge is -2.01. The van der Waals surface area contributed by atoms with E-state index in [1.807, 2.05) is 0 Å². The number of rotatable bonds is 2. The van der Waals surface area contributed by atoms with Crippen molar-refractivity contribution in [2.75, 3.05) is 14.1 Å². The van der Waals surface area contributed by atoms with Gasteiger partial charge in [-0.2, -0.15) is 4.98 Å². The molecule has 13 heavy (non-hydrogen) atoms. The Morgan fingerprint density at radius 3 is 2.92 bits per heavy atom. The van der Waals surface area contributed by atoms with Crippen LogP contribution in [0, 0.1) is 5.82 Å². The van der Waals surface area contributed by atoms with Crippen LogP contribution in [0.1, 0.15) is 0 Å². The maximum atomic E-state index is 12.9. The number of hydrogen-bond acceptors (Lipinski definition) is 3. The first-order chi connectivity index (χ1) is 6.09. The average Bonchev–Trinajstić information content (AvgIpc) is 2.06. The predicted molar refractivity (Wildman–Crippen MR) is 48.8 cm³/mol. The maximum absolute atomic E-state index is 12.9. The molecule has 0 aliphatic carbocycles. The molecule has 0 fully saturated rings. The van der Waals surface area contributed by atoms with Crippen LogP contribution in [-0.2, 0) is 0 Å². The van der Waals surface area contributed by atoms with Crippen LogP contribution in [0.2, 0.25) is 5.28 Å². The number of halogens is 2. The van der Waals surface area contributed by atoms with Crippen LogP contribution in [0.15, 0.2) is 11.2 Å². The quantitative estimate of drug-likeness (QED) is 0.415. The Morgan fingerprint density at radius 2 is 2.31 bits per heavy atom. The largest absolute Gasteiger partial charge is 0.369 e.